The first-order chi connectivity index (χ1) is 9.81. The molecular formula is C13H11N3O2S2. The number of thiazole rings is 1. The molecule has 3 rings (SSSR count). The van der Waals surface area contributed by atoms with Gasteiger partial charge in [0.15, 0.2) is 5.17 Å². The summed E-state index contributed by atoms with van der Waals surface area (Å²) in [7, 11) is 0. The molecule has 5 nitrogen and oxygen atoms in total. The quantitative estimate of drug-likeness (QED) is 0.947. The van der Waals surface area contributed by atoms with Gasteiger partial charge in [-0.15, -0.1) is 0 Å². The molecule has 1 aliphatic rings. The molecule has 1 aromatic heterocycles. The summed E-state index contributed by atoms with van der Waals surface area (Å²) in [4.78, 5) is 20.2. The number of nitrogens with one attached hydrogen (secondary N) is 1. The maximum atomic E-state index is 12.0. The number of carbonyl (C=O) groups is 1. The lowest BCUT2D eigenvalue weighted by molar-refractivity contribution is 0.0978. The van der Waals surface area contributed by atoms with Gasteiger partial charge < -0.3 is 10.1 Å². The van der Waals surface area contributed by atoms with Crippen molar-refractivity contribution in [3.63, 3.8) is 0 Å². The Labute approximate surface area is 124 Å². The fourth-order valence-electron chi connectivity index (χ4n) is 1.62. The van der Waals surface area contributed by atoms with Crippen molar-refractivity contribution in [3.8, 4) is 10.9 Å². The highest BCUT2D eigenvalue weighted by Gasteiger charge is 2.12. The highest BCUT2D eigenvalue weighted by atomic mass is 32.2. The number of ether oxygens (including phenoxy) is 1. The van der Waals surface area contributed by atoms with Crippen molar-refractivity contribution in [3.05, 3.63) is 41.4 Å². The lowest BCUT2D eigenvalue weighted by Gasteiger charge is -2.05. The van der Waals surface area contributed by atoms with E-state index < -0.39 is 0 Å². The largest absolute Gasteiger partial charge is 0.431 e. The molecule has 0 fully saturated rings. The van der Waals surface area contributed by atoms with Crippen LogP contribution in [-0.4, -0.2) is 28.4 Å². The van der Waals surface area contributed by atoms with Gasteiger partial charge in [-0.1, -0.05) is 23.1 Å². The summed E-state index contributed by atoms with van der Waals surface area (Å²) in [5, 5.41) is 5.90. The van der Waals surface area contributed by atoms with E-state index in [-0.39, 0.29) is 5.91 Å². The van der Waals surface area contributed by atoms with Crippen molar-refractivity contribution < 1.29 is 9.53 Å². The van der Waals surface area contributed by atoms with Gasteiger partial charge in [-0.25, -0.2) is 4.98 Å². The zero-order valence-corrected chi connectivity index (χ0v) is 12.0. The minimum atomic E-state index is -0.154. The summed E-state index contributed by atoms with van der Waals surface area (Å²) < 4.78 is 5.53. The van der Waals surface area contributed by atoms with Crippen LogP contribution in [0.2, 0.25) is 0 Å². The van der Waals surface area contributed by atoms with Crippen LogP contribution in [0.1, 0.15) is 10.4 Å². The minimum Gasteiger partial charge on any atom is -0.431 e. The maximum absolute atomic E-state index is 12.0. The molecule has 0 saturated heterocycles. The molecule has 2 heterocycles. The maximum Gasteiger partial charge on any atom is 0.278 e. The van der Waals surface area contributed by atoms with Crippen molar-refractivity contribution in [2.75, 3.05) is 12.3 Å². The van der Waals surface area contributed by atoms with E-state index in [1.165, 1.54) is 11.3 Å². The van der Waals surface area contributed by atoms with E-state index in [0.29, 0.717) is 21.7 Å². The van der Waals surface area contributed by atoms with Gasteiger partial charge in [0.1, 0.15) is 5.75 Å². The van der Waals surface area contributed by atoms with Crippen LogP contribution < -0.4 is 10.1 Å². The van der Waals surface area contributed by atoms with E-state index in [2.05, 4.69) is 15.3 Å². The highest BCUT2D eigenvalue weighted by molar-refractivity contribution is 8.14. The molecule has 0 aliphatic carbocycles. The number of benzene rings is 1. The Balaban J connectivity index is 1.64. The number of amides is 1. The molecular weight excluding hydrogens is 294 g/mol. The predicted octanol–water partition coefficient (Wildman–Crippen LogP) is 2.77. The Morgan fingerprint density at radius 2 is 2.15 bits per heavy atom. The number of hydrogen-bond acceptors (Lipinski definition) is 6. The number of aromatic nitrogens is 1. The second kappa shape index (κ2) is 6.06. The van der Waals surface area contributed by atoms with E-state index in [9.17, 15) is 4.79 Å². The Kier molecular flexibility index (Phi) is 3.98. The number of rotatable bonds is 3. The summed E-state index contributed by atoms with van der Waals surface area (Å²) in [6.07, 6.45) is 1.68. The normalized spacial score (nSPS) is 13.9. The van der Waals surface area contributed by atoms with Gasteiger partial charge in [0.05, 0.1) is 6.54 Å². The van der Waals surface area contributed by atoms with Gasteiger partial charge >= 0.3 is 0 Å². The van der Waals surface area contributed by atoms with Gasteiger partial charge in [-0.3, -0.25) is 9.79 Å². The number of carbonyl (C=O) groups excluding carboxylic acids is 1. The number of thioether (sulfide) groups is 1. The SMILES string of the molecule is O=C(NC1=NCCS1)c1ccc(Oc2nccs2)cc1. The summed E-state index contributed by atoms with van der Waals surface area (Å²) in [5.41, 5.74) is 0.576. The molecule has 0 unspecified atom stereocenters. The molecule has 0 atom stereocenters. The summed E-state index contributed by atoms with van der Waals surface area (Å²) in [5.74, 6) is 1.43. The molecule has 102 valence electrons. The third kappa shape index (κ3) is 3.17. The Hall–Kier alpha value is -1.86. The molecule has 2 aromatic rings. The molecule has 1 amide bonds. The summed E-state index contributed by atoms with van der Waals surface area (Å²) in [6.45, 7) is 0.765. The Morgan fingerprint density at radius 1 is 1.30 bits per heavy atom. The van der Waals surface area contributed by atoms with Crippen molar-refractivity contribution in [2.45, 2.75) is 0 Å². The lowest BCUT2D eigenvalue weighted by atomic mass is 10.2. The predicted molar refractivity (Wildman–Crippen MR) is 80.9 cm³/mol. The number of aliphatic imine (C=N–C) groups is 1. The van der Waals surface area contributed by atoms with Crippen LogP contribution >= 0.6 is 23.1 Å². The van der Waals surface area contributed by atoms with Gasteiger partial charge in [0, 0.05) is 22.9 Å². The summed E-state index contributed by atoms with van der Waals surface area (Å²) in [6, 6.07) is 6.94. The van der Waals surface area contributed by atoms with Crippen LogP contribution in [0.3, 0.4) is 0 Å². The van der Waals surface area contributed by atoms with E-state index >= 15 is 0 Å². The van der Waals surface area contributed by atoms with Crippen LogP contribution in [0.5, 0.6) is 10.9 Å². The molecule has 20 heavy (non-hydrogen) atoms. The molecule has 1 aromatic carbocycles. The fraction of sp³-hybridized carbons (Fsp3) is 0.154. The first-order valence-corrected chi connectivity index (χ1v) is 7.84. The molecule has 7 heteroatoms. The molecule has 1 aliphatic heterocycles. The zero-order valence-electron chi connectivity index (χ0n) is 10.4. The first-order valence-electron chi connectivity index (χ1n) is 5.97. The number of amidine groups is 1. The second-order valence-corrected chi connectivity index (χ2v) is 5.85. The van der Waals surface area contributed by atoms with E-state index in [4.69, 9.17) is 4.74 Å². The molecule has 0 spiro atoms. The molecule has 0 saturated carbocycles. The number of nitrogens with zero attached hydrogens (tertiary/aromatic N) is 2. The monoisotopic (exact) mass is 305 g/mol. The second-order valence-electron chi connectivity index (χ2n) is 3.91. The van der Waals surface area contributed by atoms with Crippen LogP contribution in [-0.2, 0) is 0 Å². The van der Waals surface area contributed by atoms with Gasteiger partial charge in [-0.2, -0.15) is 0 Å². The average molecular weight is 305 g/mol. The smallest absolute Gasteiger partial charge is 0.278 e. The summed E-state index contributed by atoms with van der Waals surface area (Å²) >= 11 is 2.98. The fourth-order valence-corrected chi connectivity index (χ4v) is 2.84. The van der Waals surface area contributed by atoms with E-state index in [1.807, 2.05) is 5.38 Å². The number of hydrogen-bond donors (Lipinski definition) is 1. The Bertz CT molecular complexity index is 624. The molecule has 1 N–H and O–H groups in total. The minimum absolute atomic E-state index is 0.154. The topological polar surface area (TPSA) is 63.6 Å². The van der Waals surface area contributed by atoms with Gasteiger partial charge in [-0.05, 0) is 24.3 Å². The van der Waals surface area contributed by atoms with Crippen LogP contribution in [0.15, 0.2) is 40.8 Å². The standard InChI is InChI=1S/C13H11N3O2S2/c17-11(16-12-14-5-7-19-12)9-1-3-10(4-2-9)18-13-15-6-8-20-13/h1-4,6,8H,5,7H2,(H,14,16,17). The first kappa shape index (κ1) is 13.1. The van der Waals surface area contributed by atoms with Crippen molar-refractivity contribution in [2.24, 2.45) is 4.99 Å². The van der Waals surface area contributed by atoms with Gasteiger partial charge in [0.2, 0.25) is 0 Å². The lowest BCUT2D eigenvalue weighted by Crippen LogP contribution is -2.27. The third-order valence-corrected chi connectivity index (χ3v) is 4.08. The average Bonchev–Trinajstić information content (AvgIpc) is 3.13. The van der Waals surface area contributed by atoms with Crippen LogP contribution in [0.4, 0.5) is 0 Å². The highest BCUT2D eigenvalue weighted by Crippen LogP contribution is 2.23. The van der Waals surface area contributed by atoms with Crippen molar-refractivity contribution in [1.82, 2.24) is 10.3 Å². The van der Waals surface area contributed by atoms with E-state index in [0.717, 1.165) is 12.3 Å². The van der Waals surface area contributed by atoms with Crippen LogP contribution in [0.25, 0.3) is 0 Å². The van der Waals surface area contributed by atoms with Crippen molar-refractivity contribution in [1.29, 1.82) is 0 Å². The molecule has 0 bridgehead atoms. The Morgan fingerprint density at radius 3 is 2.80 bits per heavy atom. The van der Waals surface area contributed by atoms with Crippen LogP contribution in [0, 0.1) is 0 Å². The third-order valence-electron chi connectivity index (χ3n) is 2.54. The van der Waals surface area contributed by atoms with E-state index in [1.54, 1.807) is 42.2 Å². The van der Waals surface area contributed by atoms with Crippen molar-refractivity contribution >= 4 is 34.2 Å². The van der Waals surface area contributed by atoms with Gasteiger partial charge in [0.25, 0.3) is 11.1 Å². The zero-order chi connectivity index (χ0) is 13.8. The molecule has 0 radical (unpaired) electrons.